The molecule has 0 heterocycles. The van der Waals surface area contributed by atoms with Gasteiger partial charge in [0.05, 0.1) is 6.61 Å². The first-order valence-corrected chi connectivity index (χ1v) is 6.78. The van der Waals surface area contributed by atoms with Gasteiger partial charge in [0.15, 0.2) is 0 Å². The van der Waals surface area contributed by atoms with E-state index in [1.807, 2.05) is 0 Å². The third-order valence-electron chi connectivity index (χ3n) is 3.64. The van der Waals surface area contributed by atoms with Crippen molar-refractivity contribution in [2.45, 2.75) is 51.6 Å². The molecule has 0 aliphatic heterocycles. The first-order valence-electron chi connectivity index (χ1n) is 6.78. The second-order valence-corrected chi connectivity index (χ2v) is 4.70. The Morgan fingerprint density at radius 2 is 2.12 bits per heavy atom. The van der Waals surface area contributed by atoms with Crippen molar-refractivity contribution < 1.29 is 4.74 Å². The molecule has 0 aromatic carbocycles. The minimum Gasteiger partial charge on any atom is -0.383 e. The lowest BCUT2D eigenvalue weighted by Crippen LogP contribution is -2.45. The molecule has 0 radical (unpaired) electrons. The molecular formula is C13H28N2O. The minimum atomic E-state index is 0.736. The predicted molar refractivity (Wildman–Crippen MR) is 68.8 cm³/mol. The SMILES string of the molecule is CCNC1CCCC(N(CC)CCOC)C1. The average molecular weight is 228 g/mol. The van der Waals surface area contributed by atoms with Gasteiger partial charge >= 0.3 is 0 Å². The van der Waals surface area contributed by atoms with E-state index in [1.165, 1.54) is 25.7 Å². The maximum atomic E-state index is 5.18. The van der Waals surface area contributed by atoms with Gasteiger partial charge in [0.2, 0.25) is 0 Å². The van der Waals surface area contributed by atoms with Crippen LogP contribution in [0.3, 0.4) is 0 Å². The molecule has 1 aliphatic carbocycles. The van der Waals surface area contributed by atoms with Crippen molar-refractivity contribution in [1.29, 1.82) is 0 Å². The first-order chi connectivity index (χ1) is 7.81. The van der Waals surface area contributed by atoms with Crippen LogP contribution in [0.15, 0.2) is 0 Å². The van der Waals surface area contributed by atoms with Crippen LogP contribution in [-0.4, -0.2) is 50.3 Å². The smallest absolute Gasteiger partial charge is 0.0589 e. The van der Waals surface area contributed by atoms with Crippen LogP contribution in [0.2, 0.25) is 0 Å². The Hall–Kier alpha value is -0.120. The second kappa shape index (κ2) is 8.04. The van der Waals surface area contributed by atoms with Crippen LogP contribution in [0.4, 0.5) is 0 Å². The summed E-state index contributed by atoms with van der Waals surface area (Å²) >= 11 is 0. The van der Waals surface area contributed by atoms with Crippen LogP contribution < -0.4 is 5.32 Å². The maximum absolute atomic E-state index is 5.18. The highest BCUT2D eigenvalue weighted by atomic mass is 16.5. The Morgan fingerprint density at radius 1 is 1.31 bits per heavy atom. The fourth-order valence-corrected chi connectivity index (χ4v) is 2.78. The molecule has 2 atom stereocenters. The largest absolute Gasteiger partial charge is 0.383 e. The molecule has 1 aliphatic rings. The fourth-order valence-electron chi connectivity index (χ4n) is 2.78. The van der Waals surface area contributed by atoms with Crippen molar-refractivity contribution in [3.8, 4) is 0 Å². The van der Waals surface area contributed by atoms with Gasteiger partial charge in [-0.3, -0.25) is 4.90 Å². The molecule has 1 saturated carbocycles. The number of methoxy groups -OCH3 is 1. The molecule has 0 bridgehead atoms. The van der Waals surface area contributed by atoms with E-state index in [9.17, 15) is 0 Å². The molecule has 1 N–H and O–H groups in total. The van der Waals surface area contributed by atoms with Crippen LogP contribution >= 0.6 is 0 Å². The number of nitrogens with one attached hydrogen (secondary N) is 1. The molecular weight excluding hydrogens is 200 g/mol. The lowest BCUT2D eigenvalue weighted by Gasteiger charge is -2.37. The molecule has 16 heavy (non-hydrogen) atoms. The molecule has 1 rings (SSSR count). The van der Waals surface area contributed by atoms with Gasteiger partial charge in [0.1, 0.15) is 0 Å². The van der Waals surface area contributed by atoms with E-state index >= 15 is 0 Å². The van der Waals surface area contributed by atoms with Gasteiger partial charge in [0.25, 0.3) is 0 Å². The Bertz CT molecular complexity index is 173. The van der Waals surface area contributed by atoms with E-state index in [-0.39, 0.29) is 0 Å². The summed E-state index contributed by atoms with van der Waals surface area (Å²) in [7, 11) is 1.79. The number of likely N-dealkylation sites (N-methyl/N-ethyl adjacent to an activating group) is 1. The second-order valence-electron chi connectivity index (χ2n) is 4.70. The highest BCUT2D eigenvalue weighted by Gasteiger charge is 2.25. The Kier molecular flexibility index (Phi) is 7.01. The van der Waals surface area contributed by atoms with Gasteiger partial charge < -0.3 is 10.1 Å². The van der Waals surface area contributed by atoms with Gasteiger partial charge in [-0.05, 0) is 32.4 Å². The van der Waals surface area contributed by atoms with E-state index in [0.717, 1.165) is 38.3 Å². The zero-order valence-corrected chi connectivity index (χ0v) is 11.2. The summed E-state index contributed by atoms with van der Waals surface area (Å²) in [5, 5.41) is 3.59. The van der Waals surface area contributed by atoms with Crippen molar-refractivity contribution in [3.05, 3.63) is 0 Å². The predicted octanol–water partition coefficient (Wildman–Crippen LogP) is 1.88. The fraction of sp³-hybridized carbons (Fsp3) is 1.00. The van der Waals surface area contributed by atoms with Gasteiger partial charge in [0, 0.05) is 25.7 Å². The van der Waals surface area contributed by atoms with Gasteiger partial charge in [-0.25, -0.2) is 0 Å². The Morgan fingerprint density at radius 3 is 2.75 bits per heavy atom. The molecule has 0 aromatic rings. The number of ether oxygens (including phenoxy) is 1. The van der Waals surface area contributed by atoms with Crippen molar-refractivity contribution in [2.24, 2.45) is 0 Å². The zero-order valence-electron chi connectivity index (χ0n) is 11.2. The van der Waals surface area contributed by atoms with Gasteiger partial charge in [-0.1, -0.05) is 20.3 Å². The number of hydrogen-bond acceptors (Lipinski definition) is 3. The minimum absolute atomic E-state index is 0.736. The lowest BCUT2D eigenvalue weighted by atomic mass is 9.90. The topological polar surface area (TPSA) is 24.5 Å². The van der Waals surface area contributed by atoms with Gasteiger partial charge in [-0.15, -0.1) is 0 Å². The normalized spacial score (nSPS) is 26.2. The lowest BCUT2D eigenvalue weighted by molar-refractivity contribution is 0.0988. The van der Waals surface area contributed by atoms with E-state index < -0.39 is 0 Å². The van der Waals surface area contributed by atoms with E-state index in [4.69, 9.17) is 4.74 Å². The molecule has 3 nitrogen and oxygen atoms in total. The first kappa shape index (κ1) is 13.9. The maximum Gasteiger partial charge on any atom is 0.0589 e. The average Bonchev–Trinajstić information content (AvgIpc) is 2.31. The monoisotopic (exact) mass is 228 g/mol. The number of rotatable bonds is 7. The van der Waals surface area contributed by atoms with Crippen LogP contribution in [-0.2, 0) is 4.74 Å². The van der Waals surface area contributed by atoms with Crippen LogP contribution in [0.25, 0.3) is 0 Å². The molecule has 96 valence electrons. The van der Waals surface area contributed by atoms with E-state index in [0.29, 0.717) is 0 Å². The summed E-state index contributed by atoms with van der Waals surface area (Å²) in [5.74, 6) is 0. The summed E-state index contributed by atoms with van der Waals surface area (Å²) in [4.78, 5) is 2.58. The highest BCUT2D eigenvalue weighted by Crippen LogP contribution is 2.22. The van der Waals surface area contributed by atoms with E-state index in [1.54, 1.807) is 7.11 Å². The number of hydrogen-bond donors (Lipinski definition) is 1. The standard InChI is InChI=1S/C13H28N2O/c1-4-14-12-7-6-8-13(11-12)15(5-2)9-10-16-3/h12-14H,4-11H2,1-3H3. The summed E-state index contributed by atoms with van der Waals surface area (Å²) < 4.78 is 5.18. The quantitative estimate of drug-likeness (QED) is 0.720. The highest BCUT2D eigenvalue weighted by molar-refractivity contribution is 4.83. The third-order valence-corrected chi connectivity index (χ3v) is 3.64. The van der Waals surface area contributed by atoms with Crippen molar-refractivity contribution in [3.63, 3.8) is 0 Å². The molecule has 0 saturated heterocycles. The molecule has 0 spiro atoms. The summed E-state index contributed by atoms with van der Waals surface area (Å²) in [5.41, 5.74) is 0. The summed E-state index contributed by atoms with van der Waals surface area (Å²) in [6.45, 7) is 8.64. The summed E-state index contributed by atoms with van der Waals surface area (Å²) in [6.07, 6.45) is 5.39. The van der Waals surface area contributed by atoms with Gasteiger partial charge in [-0.2, -0.15) is 0 Å². The van der Waals surface area contributed by atoms with Crippen molar-refractivity contribution >= 4 is 0 Å². The van der Waals surface area contributed by atoms with Crippen molar-refractivity contribution in [2.75, 3.05) is 33.4 Å². The van der Waals surface area contributed by atoms with Crippen molar-refractivity contribution in [1.82, 2.24) is 10.2 Å². The zero-order chi connectivity index (χ0) is 11.8. The van der Waals surface area contributed by atoms with E-state index in [2.05, 4.69) is 24.1 Å². The Labute approximate surface area is 101 Å². The molecule has 3 heteroatoms. The molecule has 0 aromatic heterocycles. The molecule has 2 unspecified atom stereocenters. The van der Waals surface area contributed by atoms with Crippen LogP contribution in [0.5, 0.6) is 0 Å². The molecule has 1 fully saturated rings. The number of nitrogens with zero attached hydrogens (tertiary/aromatic N) is 1. The third kappa shape index (κ3) is 4.40. The van der Waals surface area contributed by atoms with Crippen LogP contribution in [0, 0.1) is 0 Å². The Balaban J connectivity index is 2.37. The molecule has 0 amide bonds. The van der Waals surface area contributed by atoms with Crippen LogP contribution in [0.1, 0.15) is 39.5 Å². The summed E-state index contributed by atoms with van der Waals surface area (Å²) in [6, 6.07) is 1.50.